The number of hydrogen-bond acceptors (Lipinski definition) is 17. The maximum absolute atomic E-state index is 12.2. The fraction of sp³-hybridized carbons (Fsp3) is 0.220. The van der Waals surface area contributed by atoms with Crippen molar-refractivity contribution in [2.24, 2.45) is 0 Å². The molecule has 2 unspecified atom stereocenters. The Kier molecular flexibility index (Phi) is 19.1. The summed E-state index contributed by atoms with van der Waals surface area (Å²) in [6, 6.07) is 65.1. The van der Waals surface area contributed by atoms with Gasteiger partial charge >= 0.3 is 23.9 Å². The Hall–Kier alpha value is -11.1. The van der Waals surface area contributed by atoms with E-state index in [1.54, 1.807) is 28.4 Å². The number of ether oxygens (including phenoxy) is 12. The minimum atomic E-state index is -1.16. The van der Waals surface area contributed by atoms with Crippen LogP contribution in [0.25, 0.3) is 56.0 Å². The molecule has 18 heteroatoms. The molecule has 0 amide bonds. The van der Waals surface area contributed by atoms with Gasteiger partial charge in [-0.25, -0.2) is 19.2 Å². The molecule has 0 aromatic heterocycles. The van der Waals surface area contributed by atoms with Gasteiger partial charge in [0.1, 0.15) is 78.7 Å². The average molecular weight is 1350 g/mol. The lowest BCUT2D eigenvalue weighted by molar-refractivity contribution is -0.174. The Morgan fingerprint density at radius 3 is 1.19 bits per heavy atom. The third kappa shape index (κ3) is 12.3. The first-order chi connectivity index (χ1) is 48.6. The Morgan fingerprint density at radius 1 is 0.460 bits per heavy atom. The molecule has 1 fully saturated rings. The number of fused-ring (bicyclic) bond motifs is 16. The summed E-state index contributed by atoms with van der Waals surface area (Å²) < 4.78 is 68.5. The van der Waals surface area contributed by atoms with E-state index in [4.69, 9.17) is 52.5 Å². The monoisotopic (exact) mass is 1340 g/mol. The number of methoxy groups -OCH3 is 4. The Labute approximate surface area is 577 Å². The topological polar surface area (TPSA) is 219 Å². The molecule has 0 saturated carbocycles. The van der Waals surface area contributed by atoms with E-state index < -0.39 is 59.5 Å². The van der Waals surface area contributed by atoms with Crippen LogP contribution in [0.3, 0.4) is 0 Å². The molecular formula is C82H72O18. The summed E-state index contributed by atoms with van der Waals surface area (Å²) in [5.74, 6) is 1.51. The number of carbonyl (C=O) groups is 4. The highest BCUT2D eigenvalue weighted by Gasteiger charge is 2.49. The number of carboxylic acid groups (broad SMARTS) is 1. The van der Waals surface area contributed by atoms with Crippen molar-refractivity contribution in [3.05, 3.63) is 262 Å². The van der Waals surface area contributed by atoms with E-state index in [2.05, 4.69) is 132 Å². The summed E-state index contributed by atoms with van der Waals surface area (Å²) in [5.41, 5.74) is 10.6. The first-order valence-corrected chi connectivity index (χ1v) is 32.5. The van der Waals surface area contributed by atoms with E-state index in [0.717, 1.165) is 134 Å². The van der Waals surface area contributed by atoms with Crippen LogP contribution in [0.15, 0.2) is 206 Å². The second kappa shape index (κ2) is 28.4. The third-order valence-corrected chi connectivity index (χ3v) is 18.7. The Bertz CT molecular complexity index is 4700. The van der Waals surface area contributed by atoms with Crippen LogP contribution >= 0.6 is 0 Å². The zero-order valence-corrected chi connectivity index (χ0v) is 55.9. The standard InChI is InChI=1S/C41H36O9.C37H32O5.C4H4O4/c1-40(49-23-22-48-36(44)25-47-24-35(42)43)34-11-7-6-10-32(34)37-30-8-4-5-9-31(30)39-33(38(37)40)20-21-41(50-39,26-12-16-28(45-2)17-13-26)27-14-18-29(46-3)19-15-27;1-36(41-23-22-38)32-11-7-6-10-30(32)33-28-8-4-5-9-29(28)35-31(34(33)36)20-21-37(42-35,24-12-16-26(39-2)17-13-24)25-14-18-27(40-3)19-15-25;5-3-1-7-2-4(6)8-3/h4-21H,22-25H2,1-3H3,(H,42,43);4-21,38H,22-23H2,1-3H3;1-2H2. The fourth-order valence-electron chi connectivity index (χ4n) is 14.2. The van der Waals surface area contributed by atoms with E-state index in [1.807, 2.05) is 110 Å². The van der Waals surface area contributed by atoms with Crippen molar-refractivity contribution in [2.75, 3.05) is 81.3 Å². The zero-order valence-electron chi connectivity index (χ0n) is 55.9. The molecule has 2 aliphatic carbocycles. The number of aliphatic hydroxyl groups excluding tert-OH is 1. The normalized spacial score (nSPS) is 17.4. The lowest BCUT2D eigenvalue weighted by Crippen LogP contribution is -2.35. The quantitative estimate of drug-likeness (QED) is 0.0437. The van der Waals surface area contributed by atoms with Gasteiger partial charge in [-0.2, -0.15) is 0 Å². The highest BCUT2D eigenvalue weighted by Crippen LogP contribution is 2.61. The maximum Gasteiger partial charge on any atom is 0.339 e. The van der Waals surface area contributed by atoms with Crippen molar-refractivity contribution in [2.45, 2.75) is 36.3 Å². The summed E-state index contributed by atoms with van der Waals surface area (Å²) in [7, 11) is 6.63. The maximum atomic E-state index is 12.2. The molecule has 18 nitrogen and oxygen atoms in total. The summed E-state index contributed by atoms with van der Waals surface area (Å²) in [4.78, 5) is 43.1. The number of carboxylic acids is 1. The minimum Gasteiger partial charge on any atom is -0.497 e. The van der Waals surface area contributed by atoms with Crippen LogP contribution in [0.4, 0.5) is 0 Å². The summed E-state index contributed by atoms with van der Waals surface area (Å²) in [6.07, 6.45) is 8.55. The molecule has 3 heterocycles. The molecule has 0 radical (unpaired) electrons. The predicted octanol–water partition coefficient (Wildman–Crippen LogP) is 13.7. The second-order valence-electron chi connectivity index (χ2n) is 24.4. The van der Waals surface area contributed by atoms with Crippen LogP contribution < -0.4 is 28.4 Å². The molecule has 508 valence electrons. The van der Waals surface area contributed by atoms with Crippen LogP contribution in [-0.2, 0) is 70.0 Å². The van der Waals surface area contributed by atoms with Crippen molar-refractivity contribution < 1.29 is 86.2 Å². The van der Waals surface area contributed by atoms with Gasteiger partial charge in [0.25, 0.3) is 0 Å². The summed E-state index contributed by atoms with van der Waals surface area (Å²) in [6.45, 7) is 3.09. The SMILES string of the molecule is COc1ccc(C2(c3ccc(OC)cc3)C=Cc3c4c(c5ccccc5c3O2)-c2ccccc2C4(C)OCCO)cc1.COc1ccc(C2(c3ccc(OC)cc3)C=Cc3c4c(c5ccccc5c3O2)-c2ccccc2C4(C)OCCOC(=O)COCC(=O)O)cc1.O=C1COCC(=O)O1. The number of rotatable bonds is 19. The van der Waals surface area contributed by atoms with Crippen LogP contribution in [0.5, 0.6) is 34.5 Å². The first-order valence-electron chi connectivity index (χ1n) is 32.5. The van der Waals surface area contributed by atoms with E-state index in [1.165, 1.54) is 0 Å². The molecule has 2 atom stereocenters. The highest BCUT2D eigenvalue weighted by molar-refractivity contribution is 6.10. The molecule has 5 aliphatic rings. The van der Waals surface area contributed by atoms with Crippen molar-refractivity contribution in [1.29, 1.82) is 0 Å². The van der Waals surface area contributed by atoms with E-state index in [9.17, 15) is 24.3 Å². The van der Waals surface area contributed by atoms with Gasteiger partial charge < -0.3 is 67.1 Å². The molecule has 100 heavy (non-hydrogen) atoms. The number of aliphatic hydroxyl groups is 1. The highest BCUT2D eigenvalue weighted by atomic mass is 16.6. The average Bonchev–Trinajstić information content (AvgIpc) is 1.48. The molecule has 0 bridgehead atoms. The molecular weight excluding hydrogens is 1270 g/mol. The Balaban J connectivity index is 0.000000163. The molecule has 10 aromatic carbocycles. The van der Waals surface area contributed by atoms with Gasteiger partial charge in [0, 0.05) is 55.3 Å². The summed E-state index contributed by atoms with van der Waals surface area (Å²) >= 11 is 0. The predicted molar refractivity (Wildman–Crippen MR) is 375 cm³/mol. The summed E-state index contributed by atoms with van der Waals surface area (Å²) in [5, 5.41) is 22.6. The molecule has 15 rings (SSSR count). The lowest BCUT2D eigenvalue weighted by atomic mass is 9.80. The smallest absolute Gasteiger partial charge is 0.339 e. The van der Waals surface area contributed by atoms with E-state index in [-0.39, 0.29) is 39.6 Å². The molecule has 3 aliphatic heterocycles. The molecule has 2 N–H and O–H groups in total. The van der Waals surface area contributed by atoms with Crippen molar-refractivity contribution in [1.82, 2.24) is 0 Å². The van der Waals surface area contributed by atoms with Gasteiger partial charge in [-0.3, -0.25) is 0 Å². The second-order valence-corrected chi connectivity index (χ2v) is 24.4. The number of esters is 3. The van der Waals surface area contributed by atoms with Gasteiger partial charge in [-0.05, 0) is 119 Å². The fourth-order valence-corrected chi connectivity index (χ4v) is 14.2. The third-order valence-electron chi connectivity index (χ3n) is 18.7. The van der Waals surface area contributed by atoms with Gasteiger partial charge in [-0.15, -0.1) is 0 Å². The molecule has 10 aromatic rings. The number of cyclic esters (lactones) is 2. The zero-order chi connectivity index (χ0) is 69.8. The van der Waals surface area contributed by atoms with Crippen molar-refractivity contribution >= 4 is 57.6 Å². The van der Waals surface area contributed by atoms with Gasteiger partial charge in [-0.1, -0.05) is 158 Å². The molecule has 0 spiro atoms. The largest absolute Gasteiger partial charge is 0.497 e. The number of carbonyl (C=O) groups excluding carboxylic acids is 3. The van der Waals surface area contributed by atoms with Gasteiger partial charge in [0.15, 0.2) is 11.2 Å². The molecule has 1 saturated heterocycles. The minimum absolute atomic E-state index is 0.0392. The van der Waals surface area contributed by atoms with Crippen LogP contribution in [-0.4, -0.2) is 115 Å². The Morgan fingerprint density at radius 2 is 0.830 bits per heavy atom. The van der Waals surface area contributed by atoms with Crippen molar-refractivity contribution in [3.8, 4) is 56.8 Å². The number of benzene rings is 10. The van der Waals surface area contributed by atoms with Gasteiger partial charge in [0.05, 0.1) is 48.3 Å². The number of hydrogen-bond donors (Lipinski definition) is 2. The number of aliphatic carboxylic acids is 1. The van der Waals surface area contributed by atoms with Crippen LogP contribution in [0.2, 0.25) is 0 Å². The first kappa shape index (κ1) is 67.4. The van der Waals surface area contributed by atoms with Gasteiger partial charge in [0.2, 0.25) is 0 Å². The van der Waals surface area contributed by atoms with Crippen molar-refractivity contribution in [3.63, 3.8) is 0 Å². The lowest BCUT2D eigenvalue weighted by Gasteiger charge is -2.39. The van der Waals surface area contributed by atoms with Crippen LogP contribution in [0, 0.1) is 0 Å². The van der Waals surface area contributed by atoms with E-state index in [0.29, 0.717) is 0 Å². The van der Waals surface area contributed by atoms with Crippen LogP contribution in [0.1, 0.15) is 69.5 Å². The van der Waals surface area contributed by atoms with E-state index >= 15 is 0 Å².